The van der Waals surface area contributed by atoms with Crippen LogP contribution in [0, 0.1) is 0 Å². The Morgan fingerprint density at radius 1 is 1.40 bits per heavy atom. The summed E-state index contributed by atoms with van der Waals surface area (Å²) in [5, 5.41) is 5.62. The van der Waals surface area contributed by atoms with Crippen molar-refractivity contribution in [1.29, 1.82) is 0 Å². The van der Waals surface area contributed by atoms with Crippen LogP contribution in [0.1, 0.15) is 5.69 Å². The third-order valence-electron chi connectivity index (χ3n) is 1.81. The van der Waals surface area contributed by atoms with Crippen molar-refractivity contribution in [2.45, 2.75) is 6.61 Å². The van der Waals surface area contributed by atoms with Crippen LogP contribution in [0.25, 0.3) is 10.1 Å². The first-order valence-electron chi connectivity index (χ1n) is 4.07. The van der Waals surface area contributed by atoms with E-state index in [2.05, 4.69) is 8.56 Å². The fraction of sp³-hybridized carbons (Fsp3) is 0.125. The standard InChI is InChI=1S/C8H8N2O3S2/c9-15(11,12)13-5-7-6-3-1-2-4-8(6)14-10-7/h1-4H,5H2,(H2,9,11,12). The van der Waals surface area contributed by atoms with E-state index in [1.165, 1.54) is 11.5 Å². The molecule has 0 saturated heterocycles. The Bertz CT molecular complexity index is 576. The van der Waals surface area contributed by atoms with Gasteiger partial charge in [0.15, 0.2) is 0 Å². The summed E-state index contributed by atoms with van der Waals surface area (Å²) in [6.07, 6.45) is 0. The van der Waals surface area contributed by atoms with Crippen molar-refractivity contribution in [2.24, 2.45) is 5.14 Å². The van der Waals surface area contributed by atoms with Gasteiger partial charge in [0.1, 0.15) is 6.61 Å². The zero-order valence-electron chi connectivity index (χ0n) is 7.58. The Hall–Kier alpha value is -1.02. The molecular formula is C8H8N2O3S2. The molecule has 2 N–H and O–H groups in total. The van der Waals surface area contributed by atoms with Crippen LogP contribution in [-0.2, 0) is 21.1 Å². The Balaban J connectivity index is 2.29. The third-order valence-corrected chi connectivity index (χ3v) is 3.12. The molecule has 0 atom stereocenters. The molecule has 0 aliphatic rings. The van der Waals surface area contributed by atoms with Crippen molar-refractivity contribution in [1.82, 2.24) is 4.37 Å². The first kappa shape index (κ1) is 10.5. The maximum absolute atomic E-state index is 10.6. The van der Waals surface area contributed by atoms with Crippen LogP contribution in [0.3, 0.4) is 0 Å². The molecule has 1 aromatic heterocycles. The molecule has 5 nitrogen and oxygen atoms in total. The fourth-order valence-electron chi connectivity index (χ4n) is 1.18. The van der Waals surface area contributed by atoms with Gasteiger partial charge in [-0.25, -0.2) is 5.14 Å². The molecule has 0 bridgehead atoms. The third kappa shape index (κ3) is 2.51. The molecule has 0 aliphatic carbocycles. The monoisotopic (exact) mass is 244 g/mol. The number of rotatable bonds is 3. The predicted octanol–water partition coefficient (Wildman–Crippen LogP) is 1.02. The SMILES string of the molecule is NS(=O)(=O)OCc1nsc2ccccc12. The van der Waals surface area contributed by atoms with Gasteiger partial charge in [0.05, 0.1) is 10.4 Å². The molecule has 0 amide bonds. The van der Waals surface area contributed by atoms with Crippen molar-refractivity contribution in [3.05, 3.63) is 30.0 Å². The maximum Gasteiger partial charge on any atom is 0.333 e. The summed E-state index contributed by atoms with van der Waals surface area (Å²) >= 11 is 1.30. The summed E-state index contributed by atoms with van der Waals surface area (Å²) in [5.74, 6) is 0. The van der Waals surface area contributed by atoms with Gasteiger partial charge in [0.2, 0.25) is 0 Å². The van der Waals surface area contributed by atoms with E-state index in [0.717, 1.165) is 10.1 Å². The zero-order valence-corrected chi connectivity index (χ0v) is 9.22. The van der Waals surface area contributed by atoms with Gasteiger partial charge >= 0.3 is 10.3 Å². The second-order valence-corrected chi connectivity index (χ2v) is 4.91. The Morgan fingerprint density at radius 3 is 2.87 bits per heavy atom. The minimum absolute atomic E-state index is 0.122. The van der Waals surface area contributed by atoms with Crippen molar-refractivity contribution in [3.63, 3.8) is 0 Å². The lowest BCUT2D eigenvalue weighted by Gasteiger charge is -1.97. The summed E-state index contributed by atoms with van der Waals surface area (Å²) in [7, 11) is -3.90. The predicted molar refractivity (Wildman–Crippen MR) is 57.5 cm³/mol. The van der Waals surface area contributed by atoms with Crippen molar-refractivity contribution in [3.8, 4) is 0 Å². The number of hydrogen-bond donors (Lipinski definition) is 1. The van der Waals surface area contributed by atoms with Gasteiger partial charge in [0, 0.05) is 5.39 Å². The second kappa shape index (κ2) is 3.86. The second-order valence-electron chi connectivity index (χ2n) is 2.88. The normalized spacial score (nSPS) is 12.1. The average Bonchev–Trinajstić information content (AvgIpc) is 2.57. The number of nitrogens with two attached hydrogens (primary N) is 1. The summed E-state index contributed by atoms with van der Waals surface area (Å²) < 4.78 is 30.7. The van der Waals surface area contributed by atoms with Gasteiger partial charge in [-0.1, -0.05) is 18.2 Å². The minimum atomic E-state index is -3.90. The van der Waals surface area contributed by atoms with E-state index in [4.69, 9.17) is 5.14 Å². The molecule has 2 aromatic rings. The van der Waals surface area contributed by atoms with Gasteiger partial charge in [0.25, 0.3) is 0 Å². The Morgan fingerprint density at radius 2 is 2.13 bits per heavy atom. The van der Waals surface area contributed by atoms with E-state index < -0.39 is 10.3 Å². The molecule has 0 aliphatic heterocycles. The summed E-state index contributed by atoms with van der Waals surface area (Å²) in [6.45, 7) is -0.122. The van der Waals surface area contributed by atoms with Gasteiger partial charge in [-0.2, -0.15) is 12.8 Å². The molecule has 0 spiro atoms. The molecular weight excluding hydrogens is 236 g/mol. The molecule has 15 heavy (non-hydrogen) atoms. The van der Waals surface area contributed by atoms with Crippen LogP contribution < -0.4 is 5.14 Å². The van der Waals surface area contributed by atoms with Crippen molar-refractivity contribution >= 4 is 31.9 Å². The number of hydrogen-bond acceptors (Lipinski definition) is 5. The number of aromatic nitrogens is 1. The van der Waals surface area contributed by atoms with Crippen LogP contribution in [0.5, 0.6) is 0 Å². The van der Waals surface area contributed by atoms with Crippen LogP contribution in [0.2, 0.25) is 0 Å². The fourth-order valence-corrected chi connectivity index (χ4v) is 2.24. The molecule has 0 unspecified atom stereocenters. The van der Waals surface area contributed by atoms with Gasteiger partial charge in [-0.3, -0.25) is 4.18 Å². The van der Waals surface area contributed by atoms with Crippen LogP contribution in [-0.4, -0.2) is 12.8 Å². The molecule has 7 heteroatoms. The summed E-state index contributed by atoms with van der Waals surface area (Å²) in [4.78, 5) is 0. The first-order valence-corrected chi connectivity index (χ1v) is 6.31. The molecule has 1 aromatic carbocycles. The lowest BCUT2D eigenvalue weighted by atomic mass is 10.2. The van der Waals surface area contributed by atoms with E-state index in [1.54, 1.807) is 0 Å². The molecule has 0 saturated carbocycles. The van der Waals surface area contributed by atoms with Crippen LogP contribution >= 0.6 is 11.5 Å². The lowest BCUT2D eigenvalue weighted by Crippen LogP contribution is -2.15. The van der Waals surface area contributed by atoms with E-state index in [0.29, 0.717) is 5.69 Å². The van der Waals surface area contributed by atoms with Crippen LogP contribution in [0.15, 0.2) is 24.3 Å². The van der Waals surface area contributed by atoms with E-state index in [1.807, 2.05) is 24.3 Å². The highest BCUT2D eigenvalue weighted by Crippen LogP contribution is 2.22. The maximum atomic E-state index is 10.6. The Labute approximate surface area is 90.9 Å². The highest BCUT2D eigenvalue weighted by molar-refractivity contribution is 7.84. The average molecular weight is 244 g/mol. The number of nitrogens with zero attached hydrogens (tertiary/aromatic N) is 1. The lowest BCUT2D eigenvalue weighted by molar-refractivity contribution is 0.306. The first-order chi connectivity index (χ1) is 7.06. The minimum Gasteiger partial charge on any atom is -0.252 e. The molecule has 80 valence electrons. The van der Waals surface area contributed by atoms with E-state index >= 15 is 0 Å². The number of benzene rings is 1. The smallest absolute Gasteiger partial charge is 0.252 e. The van der Waals surface area contributed by atoms with E-state index in [-0.39, 0.29) is 6.61 Å². The summed E-state index contributed by atoms with van der Waals surface area (Å²) in [6, 6.07) is 7.52. The highest BCUT2D eigenvalue weighted by Gasteiger charge is 2.09. The topological polar surface area (TPSA) is 82.3 Å². The quantitative estimate of drug-likeness (QED) is 0.873. The highest BCUT2D eigenvalue weighted by atomic mass is 32.2. The molecule has 1 heterocycles. The van der Waals surface area contributed by atoms with Crippen LogP contribution in [0.4, 0.5) is 0 Å². The molecule has 0 radical (unpaired) electrons. The molecule has 2 rings (SSSR count). The summed E-state index contributed by atoms with van der Waals surface area (Å²) in [5.41, 5.74) is 0.588. The van der Waals surface area contributed by atoms with Gasteiger partial charge < -0.3 is 0 Å². The van der Waals surface area contributed by atoms with Gasteiger partial charge in [-0.15, -0.1) is 0 Å². The van der Waals surface area contributed by atoms with Crippen molar-refractivity contribution in [2.75, 3.05) is 0 Å². The largest absolute Gasteiger partial charge is 0.333 e. The zero-order chi connectivity index (χ0) is 10.9. The number of fused-ring (bicyclic) bond motifs is 1. The van der Waals surface area contributed by atoms with E-state index in [9.17, 15) is 8.42 Å². The Kier molecular flexibility index (Phi) is 2.70. The molecule has 0 fully saturated rings. The van der Waals surface area contributed by atoms with Crippen molar-refractivity contribution < 1.29 is 12.6 Å². The van der Waals surface area contributed by atoms with Gasteiger partial charge in [-0.05, 0) is 17.6 Å².